The molecule has 0 heterocycles. The first-order valence-corrected chi connectivity index (χ1v) is 6.95. The van der Waals surface area contributed by atoms with Crippen molar-refractivity contribution in [1.82, 2.24) is 5.32 Å². The van der Waals surface area contributed by atoms with Gasteiger partial charge < -0.3 is 15.8 Å². The van der Waals surface area contributed by atoms with Gasteiger partial charge in [0.25, 0.3) is 0 Å². The topological polar surface area (TPSA) is 81.4 Å². The van der Waals surface area contributed by atoms with E-state index in [0.717, 1.165) is 6.42 Å². The summed E-state index contributed by atoms with van der Waals surface area (Å²) in [5, 5.41) is 2.65. The standard InChI is InChI=1S/C10H22N2O3S/c1-8(16(3)14)7-12-10(13)9(11)5-4-6-15-2/h8-9H,4-7,11H2,1-3H3,(H,12,13). The summed E-state index contributed by atoms with van der Waals surface area (Å²) < 4.78 is 15.9. The zero-order chi connectivity index (χ0) is 12.6. The van der Waals surface area contributed by atoms with E-state index in [1.54, 1.807) is 13.4 Å². The molecule has 0 bridgehead atoms. The number of hydrogen-bond acceptors (Lipinski definition) is 4. The Morgan fingerprint density at radius 3 is 2.69 bits per heavy atom. The summed E-state index contributed by atoms with van der Waals surface area (Å²) in [6, 6.07) is -0.507. The normalized spacial score (nSPS) is 16.5. The Kier molecular flexibility index (Phi) is 8.42. The van der Waals surface area contributed by atoms with Crippen LogP contribution in [0.1, 0.15) is 19.8 Å². The van der Waals surface area contributed by atoms with E-state index >= 15 is 0 Å². The van der Waals surface area contributed by atoms with Gasteiger partial charge in [-0.15, -0.1) is 0 Å². The van der Waals surface area contributed by atoms with Crippen LogP contribution in [0.15, 0.2) is 0 Å². The third kappa shape index (κ3) is 6.92. The average Bonchev–Trinajstić information content (AvgIpc) is 2.25. The van der Waals surface area contributed by atoms with Crippen LogP contribution in [0.3, 0.4) is 0 Å². The Labute approximate surface area is 99.6 Å². The Bertz CT molecular complexity index is 236. The van der Waals surface area contributed by atoms with Crippen molar-refractivity contribution in [2.75, 3.05) is 26.5 Å². The summed E-state index contributed by atoms with van der Waals surface area (Å²) in [6.07, 6.45) is 2.99. The predicted octanol–water partition coefficient (Wildman–Crippen LogP) is -0.376. The molecule has 3 atom stereocenters. The van der Waals surface area contributed by atoms with Crippen molar-refractivity contribution >= 4 is 16.7 Å². The van der Waals surface area contributed by atoms with E-state index in [0.29, 0.717) is 19.6 Å². The van der Waals surface area contributed by atoms with Crippen molar-refractivity contribution in [2.24, 2.45) is 5.73 Å². The van der Waals surface area contributed by atoms with E-state index in [1.165, 1.54) is 0 Å². The number of rotatable bonds is 8. The van der Waals surface area contributed by atoms with Gasteiger partial charge in [0.05, 0.1) is 6.04 Å². The summed E-state index contributed by atoms with van der Waals surface area (Å²) in [7, 11) is 0.693. The van der Waals surface area contributed by atoms with Gasteiger partial charge in [0.15, 0.2) is 0 Å². The largest absolute Gasteiger partial charge is 0.385 e. The lowest BCUT2D eigenvalue weighted by Crippen LogP contribution is -2.43. The van der Waals surface area contributed by atoms with Crippen LogP contribution in [0.5, 0.6) is 0 Å². The first-order valence-electron chi connectivity index (χ1n) is 5.33. The highest BCUT2D eigenvalue weighted by molar-refractivity contribution is 7.84. The van der Waals surface area contributed by atoms with E-state index in [2.05, 4.69) is 5.32 Å². The molecule has 0 rings (SSSR count). The highest BCUT2D eigenvalue weighted by Crippen LogP contribution is 1.96. The molecule has 0 radical (unpaired) electrons. The fourth-order valence-electron chi connectivity index (χ4n) is 1.07. The van der Waals surface area contributed by atoms with Crippen molar-refractivity contribution in [2.45, 2.75) is 31.1 Å². The Balaban J connectivity index is 3.74. The number of amides is 1. The van der Waals surface area contributed by atoms with Gasteiger partial charge in [0.1, 0.15) is 0 Å². The molecule has 0 aromatic heterocycles. The molecule has 3 N–H and O–H groups in total. The van der Waals surface area contributed by atoms with Crippen LogP contribution in [0, 0.1) is 0 Å². The third-order valence-corrected chi connectivity index (χ3v) is 3.63. The Hall–Kier alpha value is -0.460. The van der Waals surface area contributed by atoms with E-state index in [9.17, 15) is 9.00 Å². The van der Waals surface area contributed by atoms with Crippen LogP contribution in [-0.4, -0.2) is 47.9 Å². The second-order valence-electron chi connectivity index (χ2n) is 3.80. The van der Waals surface area contributed by atoms with E-state index < -0.39 is 16.8 Å². The van der Waals surface area contributed by atoms with Gasteiger partial charge in [0, 0.05) is 42.6 Å². The van der Waals surface area contributed by atoms with Crippen molar-refractivity contribution in [3.8, 4) is 0 Å². The minimum atomic E-state index is -0.922. The van der Waals surface area contributed by atoms with Gasteiger partial charge in [-0.2, -0.15) is 0 Å². The van der Waals surface area contributed by atoms with Crippen LogP contribution in [0.2, 0.25) is 0 Å². The lowest BCUT2D eigenvalue weighted by molar-refractivity contribution is -0.122. The monoisotopic (exact) mass is 250 g/mol. The van der Waals surface area contributed by atoms with Crippen molar-refractivity contribution in [3.05, 3.63) is 0 Å². The molecule has 5 nitrogen and oxygen atoms in total. The third-order valence-electron chi connectivity index (χ3n) is 2.33. The molecule has 0 aromatic carbocycles. The van der Waals surface area contributed by atoms with Gasteiger partial charge in [0.2, 0.25) is 5.91 Å². The van der Waals surface area contributed by atoms with E-state index in [-0.39, 0.29) is 11.2 Å². The molecule has 3 unspecified atom stereocenters. The second kappa shape index (κ2) is 8.66. The molecule has 96 valence electrons. The summed E-state index contributed by atoms with van der Waals surface area (Å²) >= 11 is 0. The number of ether oxygens (including phenoxy) is 1. The van der Waals surface area contributed by atoms with Crippen LogP contribution in [0.4, 0.5) is 0 Å². The van der Waals surface area contributed by atoms with Crippen molar-refractivity contribution in [3.63, 3.8) is 0 Å². The highest BCUT2D eigenvalue weighted by atomic mass is 32.2. The molecule has 16 heavy (non-hydrogen) atoms. The quantitative estimate of drug-likeness (QED) is 0.576. The first kappa shape index (κ1) is 15.5. The summed E-state index contributed by atoms with van der Waals surface area (Å²) in [4.78, 5) is 11.5. The average molecular weight is 250 g/mol. The van der Waals surface area contributed by atoms with Crippen LogP contribution >= 0.6 is 0 Å². The van der Waals surface area contributed by atoms with Crippen LogP contribution < -0.4 is 11.1 Å². The lowest BCUT2D eigenvalue weighted by Gasteiger charge is -2.14. The van der Waals surface area contributed by atoms with Crippen molar-refractivity contribution in [1.29, 1.82) is 0 Å². The minimum absolute atomic E-state index is 0.0462. The molecular weight excluding hydrogens is 228 g/mol. The maximum Gasteiger partial charge on any atom is 0.236 e. The van der Waals surface area contributed by atoms with E-state index in [1.807, 2.05) is 6.92 Å². The van der Waals surface area contributed by atoms with Gasteiger partial charge in [-0.05, 0) is 19.8 Å². The molecule has 0 aliphatic rings. The van der Waals surface area contributed by atoms with Gasteiger partial charge in [-0.25, -0.2) is 0 Å². The molecule has 0 fully saturated rings. The van der Waals surface area contributed by atoms with Gasteiger partial charge in [-0.3, -0.25) is 9.00 Å². The summed E-state index contributed by atoms with van der Waals surface area (Å²) in [5.41, 5.74) is 5.68. The molecule has 0 spiro atoms. The molecule has 0 aliphatic heterocycles. The molecule has 0 saturated carbocycles. The number of carbonyl (C=O) groups is 1. The zero-order valence-electron chi connectivity index (χ0n) is 10.2. The molecule has 6 heteroatoms. The van der Waals surface area contributed by atoms with E-state index in [4.69, 9.17) is 10.5 Å². The molecule has 0 saturated heterocycles. The Morgan fingerprint density at radius 2 is 2.19 bits per heavy atom. The Morgan fingerprint density at radius 1 is 1.56 bits per heavy atom. The number of nitrogens with two attached hydrogens (primary N) is 1. The maximum atomic E-state index is 11.5. The van der Waals surface area contributed by atoms with Crippen LogP contribution in [-0.2, 0) is 20.3 Å². The second-order valence-corrected chi connectivity index (χ2v) is 5.60. The number of carbonyl (C=O) groups excluding carboxylic acids is 1. The first-order chi connectivity index (χ1) is 7.49. The van der Waals surface area contributed by atoms with Gasteiger partial charge >= 0.3 is 0 Å². The van der Waals surface area contributed by atoms with Gasteiger partial charge in [-0.1, -0.05) is 0 Å². The zero-order valence-corrected chi connectivity index (χ0v) is 11.0. The lowest BCUT2D eigenvalue weighted by atomic mass is 10.1. The smallest absolute Gasteiger partial charge is 0.236 e. The molecular formula is C10H22N2O3S. The predicted molar refractivity (Wildman–Crippen MR) is 65.6 cm³/mol. The SMILES string of the molecule is COCCCC(N)C(=O)NCC(C)S(C)=O. The maximum absolute atomic E-state index is 11.5. The fourth-order valence-corrected chi connectivity index (χ4v) is 1.39. The number of methoxy groups -OCH3 is 1. The molecule has 1 amide bonds. The highest BCUT2D eigenvalue weighted by Gasteiger charge is 2.14. The number of hydrogen-bond donors (Lipinski definition) is 2. The fraction of sp³-hybridized carbons (Fsp3) is 0.900. The minimum Gasteiger partial charge on any atom is -0.385 e. The summed E-state index contributed by atoms with van der Waals surface area (Å²) in [6.45, 7) is 2.84. The summed E-state index contributed by atoms with van der Waals surface area (Å²) in [5.74, 6) is -0.187. The molecule has 0 aromatic rings. The van der Waals surface area contributed by atoms with Crippen molar-refractivity contribution < 1.29 is 13.7 Å². The van der Waals surface area contributed by atoms with Crippen LogP contribution in [0.25, 0.3) is 0 Å². The number of nitrogens with one attached hydrogen (secondary N) is 1. The molecule has 0 aliphatic carbocycles.